The van der Waals surface area contributed by atoms with Crippen LogP contribution in [0.15, 0.2) is 30.0 Å². The highest BCUT2D eigenvalue weighted by Crippen LogP contribution is 2.16. The summed E-state index contributed by atoms with van der Waals surface area (Å²) in [6.07, 6.45) is 4.16. The summed E-state index contributed by atoms with van der Waals surface area (Å²) in [6.45, 7) is 2.81. The molecular weight excluding hydrogens is 258 g/mol. The van der Waals surface area contributed by atoms with Gasteiger partial charge in [0.2, 0.25) is 0 Å². The Bertz CT molecular complexity index is 689. The number of fused-ring (bicyclic) bond motifs is 1. The molecule has 96 valence electrons. The molecule has 0 amide bonds. The molecule has 0 aliphatic carbocycles. The Labute approximate surface area is 114 Å². The van der Waals surface area contributed by atoms with Gasteiger partial charge < -0.3 is 5.32 Å². The van der Waals surface area contributed by atoms with Gasteiger partial charge >= 0.3 is 0 Å². The summed E-state index contributed by atoms with van der Waals surface area (Å²) in [5, 5.41) is 7.47. The van der Waals surface area contributed by atoms with E-state index in [-0.39, 0.29) is 0 Å². The van der Waals surface area contributed by atoms with Gasteiger partial charge in [0.05, 0.1) is 10.4 Å². The van der Waals surface area contributed by atoms with Gasteiger partial charge in [0.1, 0.15) is 12.1 Å². The molecule has 0 atom stereocenters. The molecule has 6 heteroatoms. The van der Waals surface area contributed by atoms with Crippen molar-refractivity contribution < 1.29 is 0 Å². The maximum Gasteiger partial charge on any atom is 0.164 e. The van der Waals surface area contributed by atoms with E-state index in [1.54, 1.807) is 17.5 Å². The second-order valence-electron chi connectivity index (χ2n) is 4.16. The molecule has 19 heavy (non-hydrogen) atoms. The molecule has 3 aromatic heterocycles. The molecule has 3 heterocycles. The van der Waals surface area contributed by atoms with Gasteiger partial charge in [0, 0.05) is 30.2 Å². The van der Waals surface area contributed by atoms with Crippen molar-refractivity contribution in [1.29, 1.82) is 0 Å². The molecule has 3 aromatic rings. The lowest BCUT2D eigenvalue weighted by Crippen LogP contribution is -2.07. The number of nitrogens with zero attached hydrogens (tertiary/aromatic N) is 4. The summed E-state index contributed by atoms with van der Waals surface area (Å²) in [7, 11) is 0. The molecule has 0 aliphatic rings. The third-order valence-corrected chi connectivity index (χ3v) is 3.73. The summed E-state index contributed by atoms with van der Waals surface area (Å²) in [5.74, 6) is 0.825. The Morgan fingerprint density at radius 3 is 3.05 bits per heavy atom. The highest BCUT2D eigenvalue weighted by atomic mass is 32.1. The van der Waals surface area contributed by atoms with Crippen molar-refractivity contribution in [3.8, 4) is 0 Å². The third-order valence-electron chi connectivity index (χ3n) is 2.71. The molecule has 0 saturated carbocycles. The Kier molecular flexibility index (Phi) is 3.33. The molecule has 0 saturated heterocycles. The standard InChI is InChI=1S/C13H13N5S/c1-9-7-19-11(18-9)4-6-15-13-10-3-2-5-14-12(10)16-8-17-13/h2-3,5,7-8H,4,6H2,1H3,(H,14,15,16,17). The summed E-state index contributed by atoms with van der Waals surface area (Å²) in [5.41, 5.74) is 1.79. The van der Waals surface area contributed by atoms with Crippen molar-refractivity contribution in [2.75, 3.05) is 11.9 Å². The van der Waals surface area contributed by atoms with Crippen LogP contribution in [-0.4, -0.2) is 26.5 Å². The third kappa shape index (κ3) is 2.68. The first-order valence-electron chi connectivity index (χ1n) is 6.03. The number of aryl methyl sites for hydroxylation is 1. The van der Waals surface area contributed by atoms with Crippen LogP contribution < -0.4 is 5.32 Å². The molecule has 5 nitrogen and oxygen atoms in total. The van der Waals surface area contributed by atoms with Gasteiger partial charge in [-0.05, 0) is 19.1 Å². The van der Waals surface area contributed by atoms with Crippen LogP contribution in [0.3, 0.4) is 0 Å². The average molecular weight is 271 g/mol. The topological polar surface area (TPSA) is 63.6 Å². The van der Waals surface area contributed by atoms with E-state index in [2.05, 4.69) is 30.6 Å². The minimum Gasteiger partial charge on any atom is -0.369 e. The largest absolute Gasteiger partial charge is 0.369 e. The number of aromatic nitrogens is 4. The quantitative estimate of drug-likeness (QED) is 0.789. The SMILES string of the molecule is Cc1csc(CCNc2ncnc3ncccc23)n1. The zero-order valence-electron chi connectivity index (χ0n) is 10.5. The lowest BCUT2D eigenvalue weighted by atomic mass is 10.3. The predicted molar refractivity (Wildman–Crippen MR) is 76.4 cm³/mol. The van der Waals surface area contributed by atoms with Gasteiger partial charge in [0.15, 0.2) is 5.65 Å². The Morgan fingerprint density at radius 1 is 1.26 bits per heavy atom. The van der Waals surface area contributed by atoms with E-state index in [0.29, 0.717) is 5.65 Å². The summed E-state index contributed by atoms with van der Waals surface area (Å²) < 4.78 is 0. The van der Waals surface area contributed by atoms with Crippen LogP contribution in [0.4, 0.5) is 5.82 Å². The molecule has 0 bridgehead atoms. The number of rotatable bonds is 4. The molecule has 0 unspecified atom stereocenters. The second kappa shape index (κ2) is 5.27. The number of nitrogens with one attached hydrogen (secondary N) is 1. The van der Waals surface area contributed by atoms with Crippen molar-refractivity contribution in [1.82, 2.24) is 19.9 Å². The van der Waals surface area contributed by atoms with E-state index >= 15 is 0 Å². The van der Waals surface area contributed by atoms with E-state index in [9.17, 15) is 0 Å². The van der Waals surface area contributed by atoms with Crippen molar-refractivity contribution in [3.63, 3.8) is 0 Å². The fraction of sp³-hybridized carbons (Fsp3) is 0.231. The Balaban J connectivity index is 1.71. The van der Waals surface area contributed by atoms with Crippen LogP contribution in [-0.2, 0) is 6.42 Å². The van der Waals surface area contributed by atoms with E-state index in [0.717, 1.165) is 34.9 Å². The van der Waals surface area contributed by atoms with Gasteiger partial charge in [-0.3, -0.25) is 0 Å². The molecule has 3 rings (SSSR count). The highest BCUT2D eigenvalue weighted by molar-refractivity contribution is 7.09. The van der Waals surface area contributed by atoms with Gasteiger partial charge in [-0.1, -0.05) is 0 Å². The van der Waals surface area contributed by atoms with E-state index in [1.165, 1.54) is 6.33 Å². The maximum absolute atomic E-state index is 4.44. The normalized spacial score (nSPS) is 10.8. The molecular formula is C13H13N5S. The van der Waals surface area contributed by atoms with Crippen molar-refractivity contribution in [2.45, 2.75) is 13.3 Å². The summed E-state index contributed by atoms with van der Waals surface area (Å²) >= 11 is 1.69. The Hall–Kier alpha value is -2.08. The second-order valence-corrected chi connectivity index (χ2v) is 5.10. The number of hydrogen-bond acceptors (Lipinski definition) is 6. The van der Waals surface area contributed by atoms with Gasteiger partial charge in [-0.15, -0.1) is 11.3 Å². The number of anilines is 1. The maximum atomic E-state index is 4.44. The van der Waals surface area contributed by atoms with Crippen LogP contribution in [0.1, 0.15) is 10.7 Å². The van der Waals surface area contributed by atoms with Crippen LogP contribution >= 0.6 is 11.3 Å². The van der Waals surface area contributed by atoms with Crippen LogP contribution in [0.2, 0.25) is 0 Å². The average Bonchev–Trinajstić information content (AvgIpc) is 2.85. The monoisotopic (exact) mass is 271 g/mol. The lowest BCUT2D eigenvalue weighted by molar-refractivity contribution is 0.977. The fourth-order valence-electron chi connectivity index (χ4n) is 1.84. The first kappa shape index (κ1) is 12.0. The van der Waals surface area contributed by atoms with E-state index < -0.39 is 0 Å². The zero-order valence-corrected chi connectivity index (χ0v) is 11.3. The van der Waals surface area contributed by atoms with Gasteiger partial charge in [-0.2, -0.15) is 0 Å². The minimum atomic E-state index is 0.713. The number of hydrogen-bond donors (Lipinski definition) is 1. The number of pyridine rings is 1. The molecule has 0 aliphatic heterocycles. The molecule has 0 aromatic carbocycles. The zero-order chi connectivity index (χ0) is 13.1. The molecule has 0 fully saturated rings. The van der Waals surface area contributed by atoms with Crippen LogP contribution in [0.25, 0.3) is 11.0 Å². The first-order chi connectivity index (χ1) is 9.33. The van der Waals surface area contributed by atoms with Crippen molar-refractivity contribution >= 4 is 28.2 Å². The van der Waals surface area contributed by atoms with Crippen molar-refractivity contribution in [2.24, 2.45) is 0 Å². The smallest absolute Gasteiger partial charge is 0.164 e. The van der Waals surface area contributed by atoms with Crippen LogP contribution in [0, 0.1) is 6.92 Å². The van der Waals surface area contributed by atoms with E-state index in [4.69, 9.17) is 0 Å². The fourth-order valence-corrected chi connectivity index (χ4v) is 2.62. The highest BCUT2D eigenvalue weighted by Gasteiger charge is 2.04. The van der Waals surface area contributed by atoms with Gasteiger partial charge in [-0.25, -0.2) is 19.9 Å². The molecule has 1 N–H and O–H groups in total. The minimum absolute atomic E-state index is 0.713. The van der Waals surface area contributed by atoms with E-state index in [1.807, 2.05) is 19.1 Å². The lowest BCUT2D eigenvalue weighted by Gasteiger charge is -2.06. The summed E-state index contributed by atoms with van der Waals surface area (Å²) in [4.78, 5) is 17.1. The van der Waals surface area contributed by atoms with Crippen LogP contribution in [0.5, 0.6) is 0 Å². The predicted octanol–water partition coefficient (Wildman–Crippen LogP) is 2.44. The molecule has 0 spiro atoms. The van der Waals surface area contributed by atoms with Gasteiger partial charge in [0.25, 0.3) is 0 Å². The first-order valence-corrected chi connectivity index (χ1v) is 6.91. The summed E-state index contributed by atoms with van der Waals surface area (Å²) in [6, 6.07) is 3.86. The van der Waals surface area contributed by atoms with Crippen molar-refractivity contribution in [3.05, 3.63) is 40.7 Å². The molecule has 0 radical (unpaired) electrons. The number of thiazole rings is 1. The Morgan fingerprint density at radius 2 is 2.21 bits per heavy atom.